The first-order chi connectivity index (χ1) is 14.6. The van der Waals surface area contributed by atoms with Gasteiger partial charge < -0.3 is 14.5 Å². The number of benzene rings is 2. The predicted molar refractivity (Wildman–Crippen MR) is 115 cm³/mol. The van der Waals surface area contributed by atoms with Crippen molar-refractivity contribution in [2.75, 3.05) is 6.61 Å². The summed E-state index contributed by atoms with van der Waals surface area (Å²) in [5.41, 5.74) is 3.42. The van der Waals surface area contributed by atoms with E-state index in [9.17, 15) is 4.79 Å². The largest absolute Gasteiger partial charge is 0.416 e. The van der Waals surface area contributed by atoms with Crippen LogP contribution in [0.1, 0.15) is 48.5 Å². The van der Waals surface area contributed by atoms with Crippen molar-refractivity contribution in [3.63, 3.8) is 0 Å². The van der Waals surface area contributed by atoms with Crippen LogP contribution in [0.5, 0.6) is 0 Å². The van der Waals surface area contributed by atoms with Gasteiger partial charge >= 0.3 is 0 Å². The third kappa shape index (κ3) is 4.94. The molecule has 0 bridgehead atoms. The second kappa shape index (κ2) is 9.22. The number of carbonyl (C=O) groups excluding carboxylic acids is 1. The fourth-order valence-corrected chi connectivity index (χ4v) is 3.69. The number of carbonyl (C=O) groups is 1. The van der Waals surface area contributed by atoms with Crippen molar-refractivity contribution in [1.82, 2.24) is 15.5 Å². The van der Waals surface area contributed by atoms with Gasteiger partial charge in [-0.1, -0.05) is 17.7 Å². The Morgan fingerprint density at radius 2 is 1.90 bits per heavy atom. The minimum Gasteiger partial charge on any atom is -0.416 e. The highest BCUT2D eigenvalue weighted by Crippen LogP contribution is 2.25. The molecule has 2 aromatic carbocycles. The van der Waals surface area contributed by atoms with Crippen LogP contribution in [0.2, 0.25) is 0 Å². The Bertz CT molecular complexity index is 991. The molecule has 0 aliphatic carbocycles. The maximum atomic E-state index is 12.5. The summed E-state index contributed by atoms with van der Waals surface area (Å²) < 4.78 is 11.5. The number of nitrogens with one attached hydrogen (secondary N) is 1. The maximum Gasteiger partial charge on any atom is 0.251 e. The Morgan fingerprint density at radius 3 is 2.60 bits per heavy atom. The van der Waals surface area contributed by atoms with E-state index in [1.807, 2.05) is 50.2 Å². The van der Waals surface area contributed by atoms with Gasteiger partial charge in [0.2, 0.25) is 11.8 Å². The molecule has 1 saturated heterocycles. The minimum atomic E-state index is -0.0765. The molecule has 1 amide bonds. The average molecular weight is 405 g/mol. The molecular formula is C24H27N3O3. The lowest BCUT2D eigenvalue weighted by molar-refractivity contribution is 0.0899. The van der Waals surface area contributed by atoms with E-state index in [4.69, 9.17) is 9.15 Å². The van der Waals surface area contributed by atoms with Gasteiger partial charge in [-0.05, 0) is 75.9 Å². The summed E-state index contributed by atoms with van der Waals surface area (Å²) in [4.78, 5) is 12.5. The number of hydrogen-bond acceptors (Lipinski definition) is 5. The quantitative estimate of drug-likeness (QED) is 0.611. The molecule has 156 valence electrons. The van der Waals surface area contributed by atoms with Crippen LogP contribution in [0.3, 0.4) is 0 Å². The summed E-state index contributed by atoms with van der Waals surface area (Å²) in [6.45, 7) is 4.92. The molecule has 3 aromatic rings. The van der Waals surface area contributed by atoms with E-state index in [1.54, 1.807) is 12.1 Å². The maximum absolute atomic E-state index is 12.5. The summed E-state index contributed by atoms with van der Waals surface area (Å²) in [5, 5.41) is 11.4. The fourth-order valence-electron chi connectivity index (χ4n) is 3.69. The normalized spacial score (nSPS) is 17.1. The summed E-state index contributed by atoms with van der Waals surface area (Å²) >= 11 is 0. The van der Waals surface area contributed by atoms with Gasteiger partial charge in [-0.25, -0.2) is 0 Å². The van der Waals surface area contributed by atoms with Gasteiger partial charge in [0.05, 0.1) is 6.10 Å². The molecule has 2 atom stereocenters. The molecular weight excluding hydrogens is 378 g/mol. The van der Waals surface area contributed by atoms with Crippen molar-refractivity contribution in [3.8, 4) is 22.9 Å². The number of ether oxygens (including phenoxy) is 1. The fraction of sp³-hybridized carbons (Fsp3) is 0.375. The van der Waals surface area contributed by atoms with E-state index in [0.29, 0.717) is 23.4 Å². The Hall–Kier alpha value is -2.99. The molecule has 1 N–H and O–H groups in total. The Balaban J connectivity index is 1.36. The van der Waals surface area contributed by atoms with E-state index >= 15 is 0 Å². The highest BCUT2D eigenvalue weighted by atomic mass is 16.5. The van der Waals surface area contributed by atoms with Gasteiger partial charge in [0.1, 0.15) is 0 Å². The number of nitrogens with zero attached hydrogens (tertiary/aromatic N) is 2. The van der Waals surface area contributed by atoms with Crippen molar-refractivity contribution >= 4 is 5.91 Å². The second-order valence-electron chi connectivity index (χ2n) is 7.95. The SMILES string of the molecule is Cc1cccc(-c2nnc(-c3ccc(C(=O)NC(C)CCC4CCCO4)cc3)o2)c1. The lowest BCUT2D eigenvalue weighted by atomic mass is 10.1. The molecule has 6 nitrogen and oxygen atoms in total. The molecule has 30 heavy (non-hydrogen) atoms. The van der Waals surface area contributed by atoms with Crippen LogP contribution in [-0.2, 0) is 4.74 Å². The van der Waals surface area contributed by atoms with E-state index in [1.165, 1.54) is 0 Å². The van der Waals surface area contributed by atoms with Crippen molar-refractivity contribution in [3.05, 3.63) is 59.7 Å². The molecule has 0 saturated carbocycles. The summed E-state index contributed by atoms with van der Waals surface area (Å²) in [6.07, 6.45) is 4.52. The zero-order chi connectivity index (χ0) is 20.9. The lowest BCUT2D eigenvalue weighted by Gasteiger charge is -2.16. The first kappa shape index (κ1) is 20.3. The van der Waals surface area contributed by atoms with Crippen LogP contribution in [0.25, 0.3) is 22.9 Å². The first-order valence-corrected chi connectivity index (χ1v) is 10.5. The van der Waals surface area contributed by atoms with Crippen LogP contribution in [0.15, 0.2) is 52.9 Å². The Kier molecular flexibility index (Phi) is 6.23. The first-order valence-electron chi connectivity index (χ1n) is 10.5. The molecule has 2 unspecified atom stereocenters. The van der Waals surface area contributed by atoms with Crippen LogP contribution in [0, 0.1) is 6.92 Å². The topological polar surface area (TPSA) is 77.2 Å². The number of rotatable bonds is 7. The molecule has 1 fully saturated rings. The zero-order valence-corrected chi connectivity index (χ0v) is 17.4. The smallest absolute Gasteiger partial charge is 0.251 e. The van der Waals surface area contributed by atoms with Crippen molar-refractivity contribution in [1.29, 1.82) is 0 Å². The summed E-state index contributed by atoms with van der Waals surface area (Å²) in [5.74, 6) is 0.839. The number of aryl methyl sites for hydroxylation is 1. The van der Waals surface area contributed by atoms with Crippen molar-refractivity contribution in [2.45, 2.75) is 51.7 Å². The molecule has 0 radical (unpaired) electrons. The number of amides is 1. The second-order valence-corrected chi connectivity index (χ2v) is 7.95. The van der Waals surface area contributed by atoms with E-state index < -0.39 is 0 Å². The molecule has 2 heterocycles. The number of hydrogen-bond donors (Lipinski definition) is 1. The third-order valence-electron chi connectivity index (χ3n) is 5.41. The summed E-state index contributed by atoms with van der Waals surface area (Å²) in [7, 11) is 0. The highest BCUT2D eigenvalue weighted by Gasteiger charge is 2.18. The monoisotopic (exact) mass is 405 g/mol. The third-order valence-corrected chi connectivity index (χ3v) is 5.41. The van der Waals surface area contributed by atoms with Gasteiger partial charge in [-0.15, -0.1) is 10.2 Å². The lowest BCUT2D eigenvalue weighted by Crippen LogP contribution is -2.33. The van der Waals surface area contributed by atoms with Gasteiger partial charge in [0.15, 0.2) is 0 Å². The summed E-state index contributed by atoms with van der Waals surface area (Å²) in [6, 6.07) is 15.3. The van der Waals surface area contributed by atoms with Gasteiger partial charge in [-0.2, -0.15) is 0 Å². The molecule has 1 aliphatic rings. The zero-order valence-electron chi connectivity index (χ0n) is 17.4. The Labute approximate surface area is 176 Å². The van der Waals surface area contributed by atoms with Crippen molar-refractivity contribution in [2.24, 2.45) is 0 Å². The molecule has 1 aliphatic heterocycles. The van der Waals surface area contributed by atoms with E-state index in [-0.39, 0.29) is 11.9 Å². The minimum absolute atomic E-state index is 0.0765. The standard InChI is InChI=1S/C24H27N3O3/c1-16-5-3-6-20(15-16)24-27-26-23(30-24)19-11-9-18(10-12-19)22(28)25-17(2)8-13-21-7-4-14-29-21/h3,5-6,9-12,15,17,21H,4,7-8,13-14H2,1-2H3,(H,25,28). The van der Waals surface area contributed by atoms with Crippen LogP contribution >= 0.6 is 0 Å². The van der Waals surface area contributed by atoms with Crippen molar-refractivity contribution < 1.29 is 13.9 Å². The van der Waals surface area contributed by atoms with Gasteiger partial charge in [0, 0.05) is 29.3 Å². The van der Waals surface area contributed by atoms with Crippen LogP contribution in [0.4, 0.5) is 0 Å². The average Bonchev–Trinajstić information content (AvgIpc) is 3.45. The van der Waals surface area contributed by atoms with Gasteiger partial charge in [-0.3, -0.25) is 4.79 Å². The molecule has 1 aromatic heterocycles. The molecule has 6 heteroatoms. The van der Waals surface area contributed by atoms with Crippen LogP contribution in [-0.4, -0.2) is 34.9 Å². The van der Waals surface area contributed by atoms with E-state index in [2.05, 4.69) is 15.5 Å². The Morgan fingerprint density at radius 1 is 1.13 bits per heavy atom. The molecule has 0 spiro atoms. The highest BCUT2D eigenvalue weighted by molar-refractivity contribution is 5.94. The van der Waals surface area contributed by atoms with Gasteiger partial charge in [0.25, 0.3) is 5.91 Å². The number of aromatic nitrogens is 2. The van der Waals surface area contributed by atoms with Crippen LogP contribution < -0.4 is 5.32 Å². The predicted octanol–water partition coefficient (Wildman–Crippen LogP) is 4.79. The van der Waals surface area contributed by atoms with E-state index in [0.717, 1.165) is 49.0 Å². The molecule has 4 rings (SSSR count).